The average Bonchev–Trinajstić information content (AvgIpc) is 2.84. The van der Waals surface area contributed by atoms with Crippen molar-refractivity contribution in [3.63, 3.8) is 0 Å². The second kappa shape index (κ2) is 6.24. The van der Waals surface area contributed by atoms with E-state index < -0.39 is 0 Å². The number of aryl methyl sites for hydroxylation is 3. The van der Waals surface area contributed by atoms with Crippen LogP contribution in [0.5, 0.6) is 0 Å². The van der Waals surface area contributed by atoms with Gasteiger partial charge in [0.05, 0.1) is 6.26 Å². The predicted octanol–water partition coefficient (Wildman–Crippen LogP) is 4.84. The molecule has 1 aromatic carbocycles. The first-order valence-electron chi connectivity index (χ1n) is 6.38. The van der Waals surface area contributed by atoms with Gasteiger partial charge in [0.2, 0.25) is 0 Å². The van der Waals surface area contributed by atoms with Crippen LogP contribution < -0.4 is 0 Å². The van der Waals surface area contributed by atoms with Crippen LogP contribution in [0.4, 0.5) is 0 Å². The molecule has 0 aliphatic rings. The van der Waals surface area contributed by atoms with Gasteiger partial charge in [-0.15, -0.1) is 0 Å². The lowest BCUT2D eigenvalue weighted by atomic mass is 10.00. The third-order valence-corrected chi connectivity index (χ3v) is 4.01. The van der Waals surface area contributed by atoms with E-state index in [0.717, 1.165) is 25.0 Å². The van der Waals surface area contributed by atoms with Crippen molar-refractivity contribution in [3.8, 4) is 0 Å². The van der Waals surface area contributed by atoms with Crippen molar-refractivity contribution in [3.05, 3.63) is 59.0 Å². The van der Waals surface area contributed by atoms with Crippen molar-refractivity contribution in [2.75, 3.05) is 0 Å². The van der Waals surface area contributed by atoms with Gasteiger partial charge < -0.3 is 4.42 Å². The zero-order chi connectivity index (χ0) is 13.0. The Morgan fingerprint density at radius 2 is 2.06 bits per heavy atom. The molecule has 0 aliphatic carbocycles. The van der Waals surface area contributed by atoms with E-state index in [4.69, 9.17) is 4.42 Å². The molecule has 2 heteroatoms. The topological polar surface area (TPSA) is 13.1 Å². The van der Waals surface area contributed by atoms with Crippen molar-refractivity contribution in [2.24, 2.45) is 0 Å². The second-order valence-corrected chi connectivity index (χ2v) is 6.14. The summed E-state index contributed by atoms with van der Waals surface area (Å²) in [6, 6.07) is 10.7. The van der Waals surface area contributed by atoms with E-state index in [0.29, 0.717) is 4.83 Å². The third-order valence-electron chi connectivity index (χ3n) is 3.23. The molecule has 0 amide bonds. The van der Waals surface area contributed by atoms with E-state index >= 15 is 0 Å². The van der Waals surface area contributed by atoms with E-state index in [-0.39, 0.29) is 0 Å². The van der Waals surface area contributed by atoms with Crippen molar-refractivity contribution < 1.29 is 4.42 Å². The number of hydrogen-bond donors (Lipinski definition) is 0. The summed E-state index contributed by atoms with van der Waals surface area (Å²) in [6.45, 7) is 4.33. The molecule has 0 bridgehead atoms. The summed E-state index contributed by atoms with van der Waals surface area (Å²) in [4.78, 5) is 0.503. The fraction of sp³-hybridized carbons (Fsp3) is 0.375. The zero-order valence-electron chi connectivity index (χ0n) is 10.9. The summed E-state index contributed by atoms with van der Waals surface area (Å²) in [5.41, 5.74) is 4.15. The fourth-order valence-corrected chi connectivity index (χ4v) is 2.69. The van der Waals surface area contributed by atoms with E-state index in [1.165, 1.54) is 16.7 Å². The van der Waals surface area contributed by atoms with Gasteiger partial charge in [-0.3, -0.25) is 0 Å². The summed E-state index contributed by atoms with van der Waals surface area (Å²) in [5.74, 6) is 1.07. The van der Waals surface area contributed by atoms with Gasteiger partial charge in [0.25, 0.3) is 0 Å². The summed E-state index contributed by atoms with van der Waals surface area (Å²) in [5, 5.41) is 0. The number of alkyl halides is 1. The smallest absolute Gasteiger partial charge is 0.103 e. The molecule has 0 N–H and O–H groups in total. The Bertz CT molecular complexity index is 488. The Balaban J connectivity index is 1.90. The van der Waals surface area contributed by atoms with E-state index in [2.05, 4.69) is 48.0 Å². The Kier molecular flexibility index (Phi) is 4.65. The number of furan rings is 1. The van der Waals surface area contributed by atoms with Crippen LogP contribution in [-0.2, 0) is 12.8 Å². The molecule has 1 atom stereocenters. The predicted molar refractivity (Wildman–Crippen MR) is 79.4 cm³/mol. The Morgan fingerprint density at radius 3 is 2.78 bits per heavy atom. The maximum absolute atomic E-state index is 5.36. The van der Waals surface area contributed by atoms with Crippen molar-refractivity contribution in [1.82, 2.24) is 0 Å². The number of rotatable bonds is 5. The van der Waals surface area contributed by atoms with Gasteiger partial charge in [0.15, 0.2) is 0 Å². The molecule has 1 aromatic heterocycles. The van der Waals surface area contributed by atoms with Crippen LogP contribution in [-0.4, -0.2) is 4.83 Å². The van der Waals surface area contributed by atoms with Crippen LogP contribution >= 0.6 is 15.9 Å². The molecule has 96 valence electrons. The second-order valence-electron chi connectivity index (χ2n) is 4.85. The molecule has 0 saturated carbocycles. The van der Waals surface area contributed by atoms with Gasteiger partial charge in [0.1, 0.15) is 5.76 Å². The number of halogens is 1. The zero-order valence-corrected chi connectivity index (χ0v) is 12.5. The quantitative estimate of drug-likeness (QED) is 0.721. The number of hydrogen-bond acceptors (Lipinski definition) is 1. The third kappa shape index (κ3) is 3.74. The Hall–Kier alpha value is -1.02. The highest BCUT2D eigenvalue weighted by molar-refractivity contribution is 9.09. The summed E-state index contributed by atoms with van der Waals surface area (Å²) >= 11 is 3.78. The van der Waals surface area contributed by atoms with Crippen molar-refractivity contribution >= 4 is 15.9 Å². The molecule has 18 heavy (non-hydrogen) atoms. The maximum atomic E-state index is 5.36. The van der Waals surface area contributed by atoms with Crippen LogP contribution in [0.15, 0.2) is 41.0 Å². The molecule has 2 aromatic rings. The van der Waals surface area contributed by atoms with Crippen LogP contribution in [0.2, 0.25) is 0 Å². The van der Waals surface area contributed by atoms with Gasteiger partial charge in [0, 0.05) is 11.2 Å². The SMILES string of the molecule is Cc1ccc(C)c(CC(Br)CCc2ccco2)c1. The molecule has 0 spiro atoms. The Labute approximate surface area is 117 Å². The summed E-state index contributed by atoms with van der Waals surface area (Å²) in [7, 11) is 0. The monoisotopic (exact) mass is 306 g/mol. The van der Waals surface area contributed by atoms with Crippen molar-refractivity contribution in [1.29, 1.82) is 0 Å². The first kappa shape index (κ1) is 13.4. The lowest BCUT2D eigenvalue weighted by molar-refractivity contribution is 0.500. The first-order valence-corrected chi connectivity index (χ1v) is 7.29. The minimum Gasteiger partial charge on any atom is -0.469 e. The maximum Gasteiger partial charge on any atom is 0.103 e. The fourth-order valence-electron chi connectivity index (χ4n) is 2.11. The Morgan fingerprint density at radius 1 is 1.22 bits per heavy atom. The van der Waals surface area contributed by atoms with Crippen LogP contribution in [0.25, 0.3) is 0 Å². The minimum atomic E-state index is 0.503. The average molecular weight is 307 g/mol. The summed E-state index contributed by atoms with van der Waals surface area (Å²) in [6.07, 6.45) is 4.91. The molecule has 0 saturated heterocycles. The molecular formula is C16H19BrO. The largest absolute Gasteiger partial charge is 0.469 e. The van der Waals surface area contributed by atoms with Gasteiger partial charge in [-0.25, -0.2) is 0 Å². The van der Waals surface area contributed by atoms with Crippen LogP contribution in [0.1, 0.15) is 28.9 Å². The van der Waals surface area contributed by atoms with Crippen LogP contribution in [0.3, 0.4) is 0 Å². The van der Waals surface area contributed by atoms with Gasteiger partial charge in [-0.2, -0.15) is 0 Å². The van der Waals surface area contributed by atoms with E-state index in [1.54, 1.807) is 6.26 Å². The summed E-state index contributed by atoms with van der Waals surface area (Å²) < 4.78 is 5.36. The highest BCUT2D eigenvalue weighted by Gasteiger charge is 2.09. The minimum absolute atomic E-state index is 0.503. The van der Waals surface area contributed by atoms with E-state index in [9.17, 15) is 0 Å². The molecular weight excluding hydrogens is 288 g/mol. The molecule has 2 rings (SSSR count). The van der Waals surface area contributed by atoms with Gasteiger partial charge in [-0.05, 0) is 49.9 Å². The molecule has 1 nitrogen and oxygen atoms in total. The molecule has 0 radical (unpaired) electrons. The van der Waals surface area contributed by atoms with Crippen LogP contribution in [0, 0.1) is 13.8 Å². The lowest BCUT2D eigenvalue weighted by Crippen LogP contribution is -2.05. The normalized spacial score (nSPS) is 12.6. The highest BCUT2D eigenvalue weighted by Crippen LogP contribution is 2.19. The van der Waals surface area contributed by atoms with E-state index in [1.807, 2.05) is 12.1 Å². The van der Waals surface area contributed by atoms with Gasteiger partial charge >= 0.3 is 0 Å². The molecule has 1 heterocycles. The van der Waals surface area contributed by atoms with Crippen molar-refractivity contribution in [2.45, 2.75) is 37.9 Å². The lowest BCUT2D eigenvalue weighted by Gasteiger charge is -2.12. The molecule has 1 unspecified atom stereocenters. The number of benzene rings is 1. The standard InChI is InChI=1S/C16H19BrO/c1-12-5-6-13(2)14(10-12)11-15(17)7-8-16-4-3-9-18-16/h3-6,9-10,15H,7-8,11H2,1-2H3. The molecule has 0 fully saturated rings. The first-order chi connectivity index (χ1) is 8.65. The highest BCUT2D eigenvalue weighted by atomic mass is 79.9. The van der Waals surface area contributed by atoms with Gasteiger partial charge in [-0.1, -0.05) is 39.7 Å². The molecule has 0 aliphatic heterocycles.